The summed E-state index contributed by atoms with van der Waals surface area (Å²) in [6, 6.07) is 17.8. The van der Waals surface area contributed by atoms with Crippen molar-refractivity contribution in [1.82, 2.24) is 5.32 Å². The summed E-state index contributed by atoms with van der Waals surface area (Å²) < 4.78 is 52.9. The SMILES string of the molecule is Cc1ccccc1[C@@H](NC(=O)[C@@H](C)N(c1ccc(F)c(F)c1)S(C)(=O)=O)c1ccccc1. The zero-order valence-corrected chi connectivity index (χ0v) is 18.7. The molecule has 3 aromatic carbocycles. The van der Waals surface area contributed by atoms with Gasteiger partial charge in [-0.25, -0.2) is 17.2 Å². The third kappa shape index (κ3) is 5.13. The van der Waals surface area contributed by atoms with E-state index in [1.54, 1.807) is 0 Å². The molecule has 0 unspecified atom stereocenters. The van der Waals surface area contributed by atoms with Gasteiger partial charge in [-0.05, 0) is 42.7 Å². The molecule has 3 rings (SSSR count). The lowest BCUT2D eigenvalue weighted by atomic mass is 9.94. The molecule has 0 heterocycles. The maximum atomic E-state index is 13.8. The third-order valence-electron chi connectivity index (χ3n) is 5.17. The van der Waals surface area contributed by atoms with Crippen LogP contribution in [-0.4, -0.2) is 26.6 Å². The molecule has 0 bridgehead atoms. The van der Waals surface area contributed by atoms with Crippen molar-refractivity contribution in [1.29, 1.82) is 0 Å². The van der Waals surface area contributed by atoms with E-state index in [1.165, 1.54) is 6.92 Å². The van der Waals surface area contributed by atoms with Crippen molar-refractivity contribution in [2.75, 3.05) is 10.6 Å². The minimum absolute atomic E-state index is 0.138. The van der Waals surface area contributed by atoms with Gasteiger partial charge >= 0.3 is 0 Å². The van der Waals surface area contributed by atoms with Crippen molar-refractivity contribution < 1.29 is 22.0 Å². The number of hydrogen-bond acceptors (Lipinski definition) is 3. The second-order valence-corrected chi connectivity index (χ2v) is 9.40. The average molecular weight is 459 g/mol. The Kier molecular flexibility index (Phi) is 6.93. The molecule has 32 heavy (non-hydrogen) atoms. The van der Waals surface area contributed by atoms with Crippen molar-refractivity contribution in [2.24, 2.45) is 0 Å². The summed E-state index contributed by atoms with van der Waals surface area (Å²) in [5.41, 5.74) is 2.50. The number of carbonyl (C=O) groups is 1. The lowest BCUT2D eigenvalue weighted by Gasteiger charge is -2.30. The lowest BCUT2D eigenvalue weighted by Crippen LogP contribution is -2.48. The number of aryl methyl sites for hydroxylation is 1. The molecule has 0 aliphatic carbocycles. The van der Waals surface area contributed by atoms with Gasteiger partial charge in [-0.1, -0.05) is 54.6 Å². The molecule has 8 heteroatoms. The number of halogens is 2. The zero-order chi connectivity index (χ0) is 23.5. The maximum absolute atomic E-state index is 13.8. The molecule has 5 nitrogen and oxygen atoms in total. The monoisotopic (exact) mass is 458 g/mol. The molecular weight excluding hydrogens is 434 g/mol. The number of rotatable bonds is 7. The Morgan fingerprint density at radius 1 is 0.938 bits per heavy atom. The fraction of sp³-hybridized carbons (Fsp3) is 0.208. The molecule has 0 radical (unpaired) electrons. The first-order chi connectivity index (χ1) is 15.1. The molecular formula is C24H24F2N2O3S. The van der Waals surface area contributed by atoms with E-state index in [2.05, 4.69) is 5.32 Å². The lowest BCUT2D eigenvalue weighted by molar-refractivity contribution is -0.122. The van der Waals surface area contributed by atoms with Crippen LogP contribution in [0.3, 0.4) is 0 Å². The summed E-state index contributed by atoms with van der Waals surface area (Å²) >= 11 is 0. The highest BCUT2D eigenvalue weighted by Crippen LogP contribution is 2.27. The van der Waals surface area contributed by atoms with Crippen LogP contribution in [0, 0.1) is 18.6 Å². The van der Waals surface area contributed by atoms with Crippen LogP contribution >= 0.6 is 0 Å². The standard InChI is InChI=1S/C24H24F2N2O3S/c1-16-9-7-8-12-20(16)23(18-10-5-4-6-11-18)27-24(29)17(2)28(32(3,30)31)19-13-14-21(25)22(26)15-19/h4-15,17,23H,1-3H3,(H,27,29)/t17-,23+/m1/s1. The topological polar surface area (TPSA) is 66.5 Å². The molecule has 0 aliphatic heterocycles. The van der Waals surface area contributed by atoms with E-state index in [0.717, 1.165) is 45.5 Å². The first kappa shape index (κ1) is 23.4. The van der Waals surface area contributed by atoms with Crippen molar-refractivity contribution in [3.8, 4) is 0 Å². The van der Waals surface area contributed by atoms with Gasteiger partial charge in [0.25, 0.3) is 0 Å². The number of amides is 1. The molecule has 0 aromatic heterocycles. The van der Waals surface area contributed by atoms with Crippen LogP contribution in [0.2, 0.25) is 0 Å². The molecule has 168 valence electrons. The maximum Gasteiger partial charge on any atom is 0.244 e. The Bertz CT molecular complexity index is 1220. The van der Waals surface area contributed by atoms with Crippen LogP contribution in [0.5, 0.6) is 0 Å². The Hall–Kier alpha value is -3.26. The normalized spacial score (nSPS) is 13.3. The predicted octanol–water partition coefficient (Wildman–Crippen LogP) is 4.33. The van der Waals surface area contributed by atoms with E-state index in [1.807, 2.05) is 61.5 Å². The highest BCUT2D eigenvalue weighted by atomic mass is 32.2. The van der Waals surface area contributed by atoms with Crippen LogP contribution in [-0.2, 0) is 14.8 Å². The second kappa shape index (κ2) is 9.48. The minimum atomic E-state index is -3.98. The minimum Gasteiger partial charge on any atom is -0.343 e. The van der Waals surface area contributed by atoms with Gasteiger partial charge in [0.05, 0.1) is 18.0 Å². The van der Waals surface area contributed by atoms with Gasteiger partial charge in [0.1, 0.15) is 6.04 Å². The van der Waals surface area contributed by atoms with Gasteiger partial charge in [-0.2, -0.15) is 0 Å². The summed E-state index contributed by atoms with van der Waals surface area (Å²) in [6.07, 6.45) is 0.911. The Balaban J connectivity index is 1.98. The van der Waals surface area contributed by atoms with Crippen LogP contribution in [0.4, 0.5) is 14.5 Å². The predicted molar refractivity (Wildman–Crippen MR) is 121 cm³/mol. The van der Waals surface area contributed by atoms with E-state index in [-0.39, 0.29) is 5.69 Å². The molecule has 0 spiro atoms. The molecule has 3 aromatic rings. The van der Waals surface area contributed by atoms with E-state index in [0.29, 0.717) is 0 Å². The average Bonchev–Trinajstić information content (AvgIpc) is 2.74. The van der Waals surface area contributed by atoms with Crippen LogP contribution in [0.1, 0.15) is 29.7 Å². The molecule has 1 N–H and O–H groups in total. The number of benzene rings is 3. The van der Waals surface area contributed by atoms with E-state index in [4.69, 9.17) is 0 Å². The molecule has 0 saturated heterocycles. The van der Waals surface area contributed by atoms with E-state index in [9.17, 15) is 22.0 Å². The number of anilines is 1. The van der Waals surface area contributed by atoms with Crippen LogP contribution in [0.25, 0.3) is 0 Å². The molecule has 0 saturated carbocycles. The first-order valence-corrected chi connectivity index (χ1v) is 11.8. The summed E-state index contributed by atoms with van der Waals surface area (Å²) in [5.74, 6) is -2.90. The second-order valence-electron chi connectivity index (χ2n) is 7.54. The Morgan fingerprint density at radius 2 is 1.56 bits per heavy atom. The zero-order valence-electron chi connectivity index (χ0n) is 17.9. The van der Waals surface area contributed by atoms with Crippen LogP contribution in [0.15, 0.2) is 72.8 Å². The van der Waals surface area contributed by atoms with Crippen molar-refractivity contribution in [3.05, 3.63) is 101 Å². The summed E-state index contributed by atoms with van der Waals surface area (Å²) in [4.78, 5) is 13.2. The van der Waals surface area contributed by atoms with Gasteiger partial charge in [-0.15, -0.1) is 0 Å². The molecule has 2 atom stereocenters. The first-order valence-electron chi connectivity index (χ1n) is 9.95. The highest BCUT2D eigenvalue weighted by molar-refractivity contribution is 7.92. The van der Waals surface area contributed by atoms with Gasteiger partial charge in [-0.3, -0.25) is 9.10 Å². The number of carbonyl (C=O) groups excluding carboxylic acids is 1. The number of nitrogens with zero attached hydrogens (tertiary/aromatic N) is 1. The van der Waals surface area contributed by atoms with Gasteiger partial charge in [0.2, 0.25) is 15.9 Å². The molecule has 0 fully saturated rings. The third-order valence-corrected chi connectivity index (χ3v) is 6.41. The molecule has 0 aliphatic rings. The number of nitrogens with one attached hydrogen (secondary N) is 1. The molecule has 1 amide bonds. The van der Waals surface area contributed by atoms with E-state index < -0.39 is 39.6 Å². The van der Waals surface area contributed by atoms with Gasteiger partial charge in [0.15, 0.2) is 11.6 Å². The van der Waals surface area contributed by atoms with Crippen LogP contribution < -0.4 is 9.62 Å². The highest BCUT2D eigenvalue weighted by Gasteiger charge is 2.31. The summed E-state index contributed by atoms with van der Waals surface area (Å²) in [5, 5.41) is 2.93. The number of sulfonamides is 1. The Morgan fingerprint density at radius 3 is 2.16 bits per heavy atom. The van der Waals surface area contributed by atoms with Crippen molar-refractivity contribution in [2.45, 2.75) is 25.9 Å². The smallest absolute Gasteiger partial charge is 0.244 e. The summed E-state index contributed by atoms with van der Waals surface area (Å²) in [6.45, 7) is 3.32. The number of hydrogen-bond donors (Lipinski definition) is 1. The fourth-order valence-electron chi connectivity index (χ4n) is 3.59. The largest absolute Gasteiger partial charge is 0.343 e. The quantitative estimate of drug-likeness (QED) is 0.573. The van der Waals surface area contributed by atoms with Crippen molar-refractivity contribution >= 4 is 21.6 Å². The fourth-order valence-corrected chi connectivity index (χ4v) is 4.76. The van der Waals surface area contributed by atoms with Gasteiger partial charge < -0.3 is 5.32 Å². The Labute approximate surface area is 186 Å². The van der Waals surface area contributed by atoms with E-state index >= 15 is 0 Å². The van der Waals surface area contributed by atoms with Gasteiger partial charge in [0, 0.05) is 6.07 Å². The van der Waals surface area contributed by atoms with Crippen molar-refractivity contribution in [3.63, 3.8) is 0 Å². The summed E-state index contributed by atoms with van der Waals surface area (Å²) in [7, 11) is -3.98.